The number of hydrogen-bond donors (Lipinski definition) is 1. The van der Waals surface area contributed by atoms with Crippen molar-refractivity contribution in [3.8, 4) is 0 Å². The third-order valence-electron chi connectivity index (χ3n) is 3.23. The normalized spacial score (nSPS) is 12.9. The van der Waals surface area contributed by atoms with Crippen LogP contribution < -0.4 is 0 Å². The van der Waals surface area contributed by atoms with Gasteiger partial charge in [-0.2, -0.15) is 0 Å². The quantitative estimate of drug-likeness (QED) is 0.788. The number of carboxylic acid groups (broad SMARTS) is 1. The first kappa shape index (κ1) is 17.1. The lowest BCUT2D eigenvalue weighted by atomic mass is 10.0. The average molecular weight is 343 g/mol. The Bertz CT molecular complexity index is 438. The summed E-state index contributed by atoms with van der Waals surface area (Å²) in [5.74, 6) is -0.780. The van der Waals surface area contributed by atoms with Crippen LogP contribution in [0.15, 0.2) is 28.7 Å². The van der Waals surface area contributed by atoms with Crippen molar-refractivity contribution in [3.05, 3.63) is 34.3 Å². The summed E-state index contributed by atoms with van der Waals surface area (Å²) in [5.41, 5.74) is 1.15. The second-order valence-electron chi connectivity index (χ2n) is 5.15. The summed E-state index contributed by atoms with van der Waals surface area (Å²) in [6, 6.07) is 8.23. The third kappa shape index (κ3) is 5.61. The van der Waals surface area contributed by atoms with E-state index in [-0.39, 0.29) is 12.6 Å². The smallest absolute Gasteiger partial charge is 0.317 e. The molecular weight excluding hydrogens is 320 g/mol. The highest BCUT2D eigenvalue weighted by Gasteiger charge is 2.21. The second-order valence-corrected chi connectivity index (χ2v) is 6.06. The topological polar surface area (TPSA) is 43.8 Å². The SMILES string of the molecule is CCC(c1cccc(Br)c1)N(CCN(C)C)CC(=O)O. The van der Waals surface area contributed by atoms with Crippen molar-refractivity contribution in [2.75, 3.05) is 33.7 Å². The van der Waals surface area contributed by atoms with E-state index in [1.165, 1.54) is 0 Å². The molecular formula is C15H23BrN2O2. The molecule has 1 N–H and O–H groups in total. The maximum atomic E-state index is 11.1. The Morgan fingerprint density at radius 3 is 2.55 bits per heavy atom. The lowest BCUT2D eigenvalue weighted by Crippen LogP contribution is -2.38. The molecule has 0 saturated heterocycles. The molecule has 1 atom stereocenters. The van der Waals surface area contributed by atoms with Crippen LogP contribution in [0.2, 0.25) is 0 Å². The molecule has 0 fully saturated rings. The van der Waals surface area contributed by atoms with E-state index in [0.29, 0.717) is 0 Å². The van der Waals surface area contributed by atoms with Crippen LogP contribution in [0.5, 0.6) is 0 Å². The molecule has 0 aromatic heterocycles. The summed E-state index contributed by atoms with van der Waals surface area (Å²) in [4.78, 5) is 15.2. The molecule has 112 valence electrons. The number of benzene rings is 1. The number of carbonyl (C=O) groups is 1. The largest absolute Gasteiger partial charge is 0.480 e. The summed E-state index contributed by atoms with van der Waals surface area (Å²) in [6.45, 7) is 3.75. The molecule has 1 unspecified atom stereocenters. The lowest BCUT2D eigenvalue weighted by molar-refractivity contribution is -0.139. The van der Waals surface area contributed by atoms with Gasteiger partial charge in [-0.1, -0.05) is 35.0 Å². The molecule has 1 aromatic carbocycles. The van der Waals surface area contributed by atoms with Gasteiger partial charge in [0.25, 0.3) is 0 Å². The van der Waals surface area contributed by atoms with Gasteiger partial charge >= 0.3 is 5.97 Å². The number of nitrogens with zero attached hydrogens (tertiary/aromatic N) is 2. The van der Waals surface area contributed by atoms with Crippen molar-refractivity contribution >= 4 is 21.9 Å². The van der Waals surface area contributed by atoms with Crippen LogP contribution in [-0.4, -0.2) is 54.6 Å². The molecule has 0 radical (unpaired) electrons. The van der Waals surface area contributed by atoms with Crippen LogP contribution in [0.1, 0.15) is 24.9 Å². The van der Waals surface area contributed by atoms with Crippen molar-refractivity contribution < 1.29 is 9.90 Å². The average Bonchev–Trinajstić information content (AvgIpc) is 2.36. The third-order valence-corrected chi connectivity index (χ3v) is 3.73. The zero-order valence-electron chi connectivity index (χ0n) is 12.3. The number of likely N-dealkylation sites (N-methyl/N-ethyl adjacent to an activating group) is 1. The van der Waals surface area contributed by atoms with Crippen LogP contribution in [0.3, 0.4) is 0 Å². The van der Waals surface area contributed by atoms with Crippen molar-refractivity contribution in [2.24, 2.45) is 0 Å². The second kappa shape index (κ2) is 8.39. The number of halogens is 1. The predicted octanol–water partition coefficient (Wildman–Crippen LogP) is 2.85. The maximum absolute atomic E-state index is 11.1. The maximum Gasteiger partial charge on any atom is 0.317 e. The van der Waals surface area contributed by atoms with Crippen LogP contribution in [-0.2, 0) is 4.79 Å². The Morgan fingerprint density at radius 2 is 2.05 bits per heavy atom. The summed E-state index contributed by atoms with van der Waals surface area (Å²) >= 11 is 3.48. The minimum Gasteiger partial charge on any atom is -0.480 e. The first-order valence-corrected chi connectivity index (χ1v) is 7.59. The summed E-state index contributed by atoms with van der Waals surface area (Å²) in [7, 11) is 4.00. The van der Waals surface area contributed by atoms with E-state index < -0.39 is 5.97 Å². The number of hydrogen-bond acceptors (Lipinski definition) is 3. The van der Waals surface area contributed by atoms with Gasteiger partial charge in [-0.05, 0) is 38.2 Å². The number of aliphatic carboxylic acids is 1. The van der Waals surface area contributed by atoms with Gasteiger partial charge in [0, 0.05) is 23.6 Å². The molecule has 0 aliphatic rings. The fourth-order valence-electron chi connectivity index (χ4n) is 2.27. The van der Waals surface area contributed by atoms with Crippen LogP contribution in [0.4, 0.5) is 0 Å². The molecule has 0 saturated carbocycles. The highest BCUT2D eigenvalue weighted by Crippen LogP contribution is 2.26. The van der Waals surface area contributed by atoms with E-state index in [4.69, 9.17) is 5.11 Å². The molecule has 0 heterocycles. The predicted molar refractivity (Wildman–Crippen MR) is 84.9 cm³/mol. The van der Waals surface area contributed by atoms with E-state index in [1.807, 2.05) is 31.1 Å². The molecule has 0 aliphatic heterocycles. The summed E-state index contributed by atoms with van der Waals surface area (Å²) < 4.78 is 1.02. The molecule has 0 bridgehead atoms. The zero-order chi connectivity index (χ0) is 15.1. The van der Waals surface area contributed by atoms with Crippen molar-refractivity contribution in [3.63, 3.8) is 0 Å². The van der Waals surface area contributed by atoms with Gasteiger partial charge in [-0.25, -0.2) is 0 Å². The van der Waals surface area contributed by atoms with E-state index in [1.54, 1.807) is 0 Å². The minimum atomic E-state index is -0.780. The van der Waals surface area contributed by atoms with Gasteiger partial charge in [-0.15, -0.1) is 0 Å². The first-order valence-electron chi connectivity index (χ1n) is 6.80. The van der Waals surface area contributed by atoms with Crippen LogP contribution in [0, 0.1) is 0 Å². The van der Waals surface area contributed by atoms with E-state index in [9.17, 15) is 4.79 Å². The van der Waals surface area contributed by atoms with Gasteiger partial charge in [0.2, 0.25) is 0 Å². The van der Waals surface area contributed by atoms with Crippen molar-refractivity contribution in [1.29, 1.82) is 0 Å². The summed E-state index contributed by atoms with van der Waals surface area (Å²) in [6.07, 6.45) is 0.886. The Kier molecular flexibility index (Phi) is 7.19. The van der Waals surface area contributed by atoms with Gasteiger partial charge in [-0.3, -0.25) is 9.69 Å². The Labute approximate surface area is 129 Å². The van der Waals surface area contributed by atoms with Crippen LogP contribution in [0.25, 0.3) is 0 Å². The number of rotatable bonds is 8. The van der Waals surface area contributed by atoms with Crippen LogP contribution >= 0.6 is 15.9 Å². The van der Waals surface area contributed by atoms with Gasteiger partial charge in [0.05, 0.1) is 6.54 Å². The zero-order valence-corrected chi connectivity index (χ0v) is 13.9. The van der Waals surface area contributed by atoms with Crippen molar-refractivity contribution in [2.45, 2.75) is 19.4 Å². The molecule has 4 nitrogen and oxygen atoms in total. The van der Waals surface area contributed by atoms with Gasteiger partial charge in [0.15, 0.2) is 0 Å². The van der Waals surface area contributed by atoms with E-state index in [0.717, 1.165) is 29.5 Å². The van der Waals surface area contributed by atoms with E-state index >= 15 is 0 Å². The lowest BCUT2D eigenvalue weighted by Gasteiger charge is -2.31. The molecule has 0 amide bonds. The monoisotopic (exact) mass is 342 g/mol. The highest BCUT2D eigenvalue weighted by atomic mass is 79.9. The Morgan fingerprint density at radius 1 is 1.35 bits per heavy atom. The summed E-state index contributed by atoms with van der Waals surface area (Å²) in [5, 5.41) is 9.13. The van der Waals surface area contributed by atoms with Crippen molar-refractivity contribution in [1.82, 2.24) is 9.80 Å². The fourth-order valence-corrected chi connectivity index (χ4v) is 2.68. The van der Waals surface area contributed by atoms with Gasteiger partial charge < -0.3 is 10.0 Å². The fraction of sp³-hybridized carbons (Fsp3) is 0.533. The first-order chi connectivity index (χ1) is 9.43. The number of carboxylic acids is 1. The Hall–Kier alpha value is -0.910. The Balaban J connectivity index is 2.91. The van der Waals surface area contributed by atoms with E-state index in [2.05, 4.69) is 39.9 Å². The molecule has 1 rings (SSSR count). The molecule has 0 spiro atoms. The highest BCUT2D eigenvalue weighted by molar-refractivity contribution is 9.10. The standard InChI is InChI=1S/C15H23BrN2O2/c1-4-14(12-6-5-7-13(16)10-12)18(11-15(19)20)9-8-17(2)3/h5-7,10,14H,4,8-9,11H2,1-3H3,(H,19,20). The molecule has 1 aromatic rings. The minimum absolute atomic E-state index is 0.0683. The van der Waals surface area contributed by atoms with Gasteiger partial charge in [0.1, 0.15) is 0 Å². The molecule has 5 heteroatoms. The molecule has 0 aliphatic carbocycles. The molecule has 20 heavy (non-hydrogen) atoms.